The fraction of sp³-hybridized carbons (Fsp3) is 0.143. The SMILES string of the molecule is CC(=O)Nc1nc2ccc(NC(=O)c3cccc(OCc4csc(C)n4)c3)cc2s1. The molecular weight excluding hydrogens is 420 g/mol. The first-order valence-corrected chi connectivity index (χ1v) is 10.8. The molecule has 9 heteroatoms. The number of amides is 2. The van der Waals surface area contributed by atoms with Crippen LogP contribution in [0, 0.1) is 6.92 Å². The molecule has 0 radical (unpaired) electrons. The number of anilines is 2. The van der Waals surface area contributed by atoms with Crippen LogP contribution in [0.5, 0.6) is 5.75 Å². The Hall–Kier alpha value is -3.30. The molecule has 2 heterocycles. The molecule has 4 rings (SSSR count). The molecule has 2 aromatic carbocycles. The zero-order valence-corrected chi connectivity index (χ0v) is 17.9. The van der Waals surface area contributed by atoms with Crippen LogP contribution in [0.2, 0.25) is 0 Å². The maximum atomic E-state index is 12.7. The lowest BCUT2D eigenvalue weighted by atomic mass is 10.2. The summed E-state index contributed by atoms with van der Waals surface area (Å²) < 4.78 is 6.63. The minimum absolute atomic E-state index is 0.172. The van der Waals surface area contributed by atoms with Gasteiger partial charge < -0.3 is 15.4 Å². The maximum Gasteiger partial charge on any atom is 0.255 e. The molecule has 0 spiro atoms. The number of nitrogens with one attached hydrogen (secondary N) is 2. The van der Waals surface area contributed by atoms with Crippen LogP contribution in [-0.2, 0) is 11.4 Å². The fourth-order valence-electron chi connectivity index (χ4n) is 2.77. The lowest BCUT2D eigenvalue weighted by Crippen LogP contribution is -2.11. The van der Waals surface area contributed by atoms with Crippen molar-refractivity contribution in [1.29, 1.82) is 0 Å². The van der Waals surface area contributed by atoms with Crippen molar-refractivity contribution >= 4 is 55.5 Å². The monoisotopic (exact) mass is 438 g/mol. The minimum Gasteiger partial charge on any atom is -0.487 e. The molecule has 0 fully saturated rings. The molecule has 152 valence electrons. The molecular formula is C21H18N4O3S2. The number of benzene rings is 2. The van der Waals surface area contributed by atoms with Gasteiger partial charge in [0.1, 0.15) is 12.4 Å². The van der Waals surface area contributed by atoms with Crippen LogP contribution in [0.1, 0.15) is 28.0 Å². The second-order valence-electron chi connectivity index (χ2n) is 6.51. The number of hydrogen-bond donors (Lipinski definition) is 2. The van der Waals surface area contributed by atoms with Crippen molar-refractivity contribution in [3.05, 3.63) is 64.1 Å². The number of nitrogens with zero attached hydrogens (tertiary/aromatic N) is 2. The molecule has 0 saturated carbocycles. The van der Waals surface area contributed by atoms with Crippen LogP contribution < -0.4 is 15.4 Å². The van der Waals surface area contributed by atoms with Crippen LogP contribution in [0.3, 0.4) is 0 Å². The third-order valence-electron chi connectivity index (χ3n) is 4.08. The summed E-state index contributed by atoms with van der Waals surface area (Å²) in [7, 11) is 0. The van der Waals surface area contributed by atoms with E-state index < -0.39 is 0 Å². The number of hydrogen-bond acceptors (Lipinski definition) is 7. The molecule has 4 aromatic rings. The standard InChI is InChI=1S/C21H18N4O3S2/c1-12(26)22-21-25-18-7-6-15(9-19(18)30-21)24-20(27)14-4-3-5-17(8-14)28-10-16-11-29-13(2)23-16/h3-9,11H,10H2,1-2H3,(H,24,27)(H,22,25,26). The Morgan fingerprint density at radius 2 is 1.97 bits per heavy atom. The average molecular weight is 439 g/mol. The summed E-state index contributed by atoms with van der Waals surface area (Å²) in [5.41, 5.74) is 2.76. The minimum atomic E-state index is -0.240. The molecule has 0 aliphatic carbocycles. The van der Waals surface area contributed by atoms with Gasteiger partial charge in [-0.25, -0.2) is 9.97 Å². The summed E-state index contributed by atoms with van der Waals surface area (Å²) in [5, 5.41) is 9.04. The molecule has 2 aromatic heterocycles. The van der Waals surface area contributed by atoms with Gasteiger partial charge >= 0.3 is 0 Å². The van der Waals surface area contributed by atoms with Crippen LogP contribution >= 0.6 is 22.7 Å². The molecule has 0 atom stereocenters. The van der Waals surface area contributed by atoms with Gasteiger partial charge in [-0.2, -0.15) is 0 Å². The van der Waals surface area contributed by atoms with Crippen molar-refractivity contribution in [1.82, 2.24) is 9.97 Å². The highest BCUT2D eigenvalue weighted by Crippen LogP contribution is 2.28. The van der Waals surface area contributed by atoms with Crippen LogP contribution in [0.4, 0.5) is 10.8 Å². The van der Waals surface area contributed by atoms with Crippen molar-refractivity contribution in [3.8, 4) is 5.75 Å². The van der Waals surface area contributed by atoms with E-state index in [4.69, 9.17) is 4.74 Å². The van der Waals surface area contributed by atoms with Crippen molar-refractivity contribution < 1.29 is 14.3 Å². The third-order valence-corrected chi connectivity index (χ3v) is 5.83. The molecule has 2 amide bonds. The van der Waals surface area contributed by atoms with Gasteiger partial charge in [0, 0.05) is 23.6 Å². The number of rotatable bonds is 6. The van der Waals surface area contributed by atoms with E-state index in [1.807, 2.05) is 30.5 Å². The molecule has 0 saturated heterocycles. The fourth-order valence-corrected chi connectivity index (χ4v) is 4.32. The normalized spacial score (nSPS) is 10.7. The molecule has 0 bridgehead atoms. The summed E-state index contributed by atoms with van der Waals surface area (Å²) in [6, 6.07) is 12.4. The third kappa shape index (κ3) is 4.81. The van der Waals surface area contributed by atoms with E-state index in [1.54, 1.807) is 35.6 Å². The molecule has 0 aliphatic rings. The van der Waals surface area contributed by atoms with Crippen molar-refractivity contribution in [2.24, 2.45) is 0 Å². The summed E-state index contributed by atoms with van der Waals surface area (Å²) in [6.07, 6.45) is 0. The van der Waals surface area contributed by atoms with E-state index in [9.17, 15) is 9.59 Å². The number of aromatic nitrogens is 2. The van der Waals surface area contributed by atoms with E-state index in [0.29, 0.717) is 28.7 Å². The van der Waals surface area contributed by atoms with Crippen LogP contribution in [-0.4, -0.2) is 21.8 Å². The summed E-state index contributed by atoms with van der Waals surface area (Å²) in [5.74, 6) is 0.191. The van der Waals surface area contributed by atoms with Crippen molar-refractivity contribution in [2.45, 2.75) is 20.5 Å². The van der Waals surface area contributed by atoms with Crippen LogP contribution in [0.15, 0.2) is 47.8 Å². The quantitative estimate of drug-likeness (QED) is 0.449. The van der Waals surface area contributed by atoms with Crippen molar-refractivity contribution in [2.75, 3.05) is 10.6 Å². The Labute approximate surface area is 180 Å². The second-order valence-corrected chi connectivity index (χ2v) is 8.60. The van der Waals surface area contributed by atoms with E-state index in [2.05, 4.69) is 20.6 Å². The van der Waals surface area contributed by atoms with Gasteiger partial charge in [-0.3, -0.25) is 9.59 Å². The number of thiazole rings is 2. The highest BCUT2D eigenvalue weighted by Gasteiger charge is 2.10. The zero-order chi connectivity index (χ0) is 21.1. The number of carbonyl (C=O) groups excluding carboxylic acids is 2. The summed E-state index contributed by atoms with van der Waals surface area (Å²) in [6.45, 7) is 3.74. The largest absolute Gasteiger partial charge is 0.487 e. The number of carbonyl (C=O) groups is 2. The predicted octanol–water partition coefficient (Wildman–Crippen LogP) is 4.85. The van der Waals surface area contributed by atoms with E-state index in [0.717, 1.165) is 20.9 Å². The smallest absolute Gasteiger partial charge is 0.255 e. The van der Waals surface area contributed by atoms with E-state index in [-0.39, 0.29) is 11.8 Å². The van der Waals surface area contributed by atoms with Gasteiger partial charge in [-0.05, 0) is 43.3 Å². The molecule has 2 N–H and O–H groups in total. The van der Waals surface area contributed by atoms with Crippen molar-refractivity contribution in [3.63, 3.8) is 0 Å². The van der Waals surface area contributed by atoms with Gasteiger partial charge in [0.05, 0.1) is 20.9 Å². The molecule has 30 heavy (non-hydrogen) atoms. The number of aryl methyl sites for hydroxylation is 1. The first-order chi connectivity index (χ1) is 14.5. The summed E-state index contributed by atoms with van der Waals surface area (Å²) >= 11 is 2.93. The van der Waals surface area contributed by atoms with Gasteiger partial charge in [-0.15, -0.1) is 11.3 Å². The highest BCUT2D eigenvalue weighted by molar-refractivity contribution is 7.22. The van der Waals surface area contributed by atoms with Crippen LogP contribution in [0.25, 0.3) is 10.2 Å². The molecule has 0 unspecified atom stereocenters. The van der Waals surface area contributed by atoms with E-state index in [1.165, 1.54) is 18.3 Å². The predicted molar refractivity (Wildman–Crippen MR) is 120 cm³/mol. The van der Waals surface area contributed by atoms with Gasteiger partial charge in [-0.1, -0.05) is 17.4 Å². The Morgan fingerprint density at radius 3 is 2.73 bits per heavy atom. The Bertz CT molecular complexity index is 1230. The number of fused-ring (bicyclic) bond motifs is 1. The maximum absolute atomic E-state index is 12.7. The zero-order valence-electron chi connectivity index (χ0n) is 16.3. The first-order valence-electron chi connectivity index (χ1n) is 9.10. The average Bonchev–Trinajstić information content (AvgIpc) is 3.31. The van der Waals surface area contributed by atoms with Gasteiger partial charge in [0.15, 0.2) is 5.13 Å². The lowest BCUT2D eigenvalue weighted by Gasteiger charge is -2.08. The Kier molecular flexibility index (Phi) is 5.73. The highest BCUT2D eigenvalue weighted by atomic mass is 32.1. The van der Waals surface area contributed by atoms with Gasteiger partial charge in [0.2, 0.25) is 5.91 Å². The molecule has 7 nitrogen and oxygen atoms in total. The Balaban J connectivity index is 1.44. The number of ether oxygens (including phenoxy) is 1. The second kappa shape index (κ2) is 8.60. The van der Waals surface area contributed by atoms with E-state index >= 15 is 0 Å². The molecule has 0 aliphatic heterocycles. The Morgan fingerprint density at radius 1 is 1.10 bits per heavy atom. The topological polar surface area (TPSA) is 93.2 Å². The first kappa shape index (κ1) is 20.0. The summed E-state index contributed by atoms with van der Waals surface area (Å²) in [4.78, 5) is 32.6. The lowest BCUT2D eigenvalue weighted by molar-refractivity contribution is -0.114. The van der Waals surface area contributed by atoms with Gasteiger partial charge in [0.25, 0.3) is 5.91 Å².